The second-order valence-electron chi connectivity index (χ2n) is 6.29. The first-order valence-electron chi connectivity index (χ1n) is 8.82. The van der Waals surface area contributed by atoms with Gasteiger partial charge >= 0.3 is 0 Å². The fraction of sp³-hybridized carbons (Fsp3) is 0.263. The van der Waals surface area contributed by atoms with Crippen molar-refractivity contribution in [2.24, 2.45) is 0 Å². The van der Waals surface area contributed by atoms with Crippen LogP contribution in [0.2, 0.25) is 25.1 Å². The second kappa shape index (κ2) is 9.98. The molecule has 1 N–H and O–H groups in total. The lowest BCUT2D eigenvalue weighted by atomic mass is 10.3. The van der Waals surface area contributed by atoms with Crippen LogP contribution >= 0.6 is 70.2 Å². The molecule has 0 saturated carbocycles. The van der Waals surface area contributed by atoms with E-state index in [1.807, 2.05) is 6.92 Å². The molecule has 30 heavy (non-hydrogen) atoms. The van der Waals surface area contributed by atoms with Crippen molar-refractivity contribution in [1.29, 1.82) is 0 Å². The molecule has 2 aromatic rings. The predicted molar refractivity (Wildman–Crippen MR) is 125 cm³/mol. The molecule has 0 radical (unpaired) electrons. The van der Waals surface area contributed by atoms with E-state index >= 15 is 0 Å². The van der Waals surface area contributed by atoms with Gasteiger partial charge in [0.1, 0.15) is 33.9 Å². The summed E-state index contributed by atoms with van der Waals surface area (Å²) in [7, 11) is 0. The lowest BCUT2D eigenvalue weighted by molar-refractivity contribution is -0.122. The first-order chi connectivity index (χ1) is 14.2. The van der Waals surface area contributed by atoms with Crippen LogP contribution in [0.3, 0.4) is 0 Å². The summed E-state index contributed by atoms with van der Waals surface area (Å²) in [5.74, 6) is 0.825. The summed E-state index contributed by atoms with van der Waals surface area (Å²) in [6.07, 6.45) is 3.41. The van der Waals surface area contributed by atoms with Crippen molar-refractivity contribution in [2.45, 2.75) is 26.4 Å². The number of thiocarbonyl (C=S) groups is 1. The molecule has 0 aliphatic carbocycles. The number of halogens is 5. The molecule has 1 aliphatic rings. The van der Waals surface area contributed by atoms with Gasteiger partial charge in [0.15, 0.2) is 10.9 Å². The monoisotopic (exact) mass is 526 g/mol. The van der Waals surface area contributed by atoms with E-state index in [0.717, 1.165) is 12.8 Å². The number of carbonyl (C=O) groups excluding carboxylic acids is 1. The van der Waals surface area contributed by atoms with Crippen LogP contribution < -0.4 is 10.1 Å². The Morgan fingerprint density at radius 3 is 2.37 bits per heavy atom. The fourth-order valence-corrected chi connectivity index (χ4v) is 4.15. The van der Waals surface area contributed by atoms with Crippen LogP contribution in [0.15, 0.2) is 22.2 Å². The topological polar surface area (TPSA) is 54.7 Å². The number of amides is 1. The van der Waals surface area contributed by atoms with Gasteiger partial charge in [-0.25, -0.2) is 0 Å². The predicted octanol–water partition coefficient (Wildman–Crippen LogP) is 6.98. The molecular weight excluding hydrogens is 514 g/mol. The average Bonchev–Trinajstić information content (AvgIpc) is 3.27. The van der Waals surface area contributed by atoms with Gasteiger partial charge in [-0.3, -0.25) is 9.69 Å². The SMILES string of the molecule is CCCCN1C(=O)/C(=C\c2ccc(COc3c(Cl)c(Cl)c(Cl)c(Cl)c3Cl)o2)NC1=S. The van der Waals surface area contributed by atoms with Gasteiger partial charge in [0.05, 0.1) is 15.1 Å². The first-order valence-corrected chi connectivity index (χ1v) is 11.1. The van der Waals surface area contributed by atoms with Gasteiger partial charge in [-0.2, -0.15) is 0 Å². The number of benzene rings is 1. The third-order valence-corrected chi connectivity index (χ3v) is 6.76. The van der Waals surface area contributed by atoms with Gasteiger partial charge in [0.25, 0.3) is 5.91 Å². The maximum absolute atomic E-state index is 12.5. The Kier molecular flexibility index (Phi) is 7.82. The quantitative estimate of drug-likeness (QED) is 0.182. The number of unbranched alkanes of at least 4 members (excludes halogenated alkanes) is 1. The number of hydrogen-bond acceptors (Lipinski definition) is 4. The van der Waals surface area contributed by atoms with Crippen LogP contribution in [-0.4, -0.2) is 22.5 Å². The summed E-state index contributed by atoms with van der Waals surface area (Å²) in [5, 5.41) is 3.53. The zero-order valence-corrected chi connectivity index (χ0v) is 20.1. The molecule has 1 aliphatic heterocycles. The Morgan fingerprint density at radius 1 is 1.10 bits per heavy atom. The average molecular weight is 529 g/mol. The number of carbonyl (C=O) groups is 1. The largest absolute Gasteiger partial charge is 0.482 e. The van der Waals surface area contributed by atoms with E-state index in [2.05, 4.69) is 5.32 Å². The van der Waals surface area contributed by atoms with Crippen molar-refractivity contribution in [3.63, 3.8) is 0 Å². The highest BCUT2D eigenvalue weighted by Crippen LogP contribution is 2.48. The van der Waals surface area contributed by atoms with E-state index < -0.39 is 0 Å². The number of nitrogens with zero attached hydrogens (tertiary/aromatic N) is 1. The first kappa shape index (κ1) is 23.5. The molecule has 160 valence electrons. The van der Waals surface area contributed by atoms with Crippen molar-refractivity contribution in [1.82, 2.24) is 10.2 Å². The summed E-state index contributed by atoms with van der Waals surface area (Å²) in [5.41, 5.74) is 0.347. The number of furan rings is 1. The minimum atomic E-state index is -0.188. The van der Waals surface area contributed by atoms with E-state index in [4.69, 9.17) is 79.4 Å². The third kappa shape index (κ3) is 4.85. The lowest BCUT2D eigenvalue weighted by Crippen LogP contribution is -2.31. The molecule has 1 saturated heterocycles. The summed E-state index contributed by atoms with van der Waals surface area (Å²) in [4.78, 5) is 14.0. The maximum Gasteiger partial charge on any atom is 0.276 e. The number of ether oxygens (including phenoxy) is 1. The molecule has 3 rings (SSSR count). The molecule has 11 heteroatoms. The van der Waals surface area contributed by atoms with Gasteiger partial charge in [-0.15, -0.1) is 0 Å². The number of rotatable bonds is 7. The Balaban J connectivity index is 1.72. The Labute approximate surface area is 203 Å². The molecule has 1 fully saturated rings. The Bertz CT molecular complexity index is 1010. The molecule has 0 unspecified atom stereocenters. The smallest absolute Gasteiger partial charge is 0.276 e. The molecular formula is C19H15Cl5N2O3S. The highest BCUT2D eigenvalue weighted by atomic mass is 35.5. The van der Waals surface area contributed by atoms with Crippen molar-refractivity contribution in [2.75, 3.05) is 6.54 Å². The van der Waals surface area contributed by atoms with E-state index in [1.54, 1.807) is 18.2 Å². The minimum Gasteiger partial charge on any atom is -0.482 e. The van der Waals surface area contributed by atoms with Crippen LogP contribution in [0, 0.1) is 0 Å². The fourth-order valence-electron chi connectivity index (χ4n) is 2.64. The van der Waals surface area contributed by atoms with Crippen molar-refractivity contribution < 1.29 is 13.9 Å². The molecule has 1 aromatic heterocycles. The van der Waals surface area contributed by atoms with Crippen molar-refractivity contribution in [3.8, 4) is 5.75 Å². The molecule has 5 nitrogen and oxygen atoms in total. The summed E-state index contributed by atoms with van der Waals surface area (Å²) in [6.45, 7) is 2.62. The van der Waals surface area contributed by atoms with Crippen LogP contribution in [0.4, 0.5) is 0 Å². The van der Waals surface area contributed by atoms with Gasteiger partial charge in [0.2, 0.25) is 0 Å². The summed E-state index contributed by atoms with van der Waals surface area (Å²) >= 11 is 35.6. The molecule has 2 heterocycles. The Hall–Kier alpha value is -1.15. The molecule has 0 bridgehead atoms. The normalized spacial score (nSPS) is 15.3. The minimum absolute atomic E-state index is 0.000679. The van der Waals surface area contributed by atoms with Crippen molar-refractivity contribution in [3.05, 3.63) is 54.5 Å². The van der Waals surface area contributed by atoms with E-state index in [0.29, 0.717) is 28.9 Å². The van der Waals surface area contributed by atoms with Gasteiger partial charge in [0, 0.05) is 12.6 Å². The summed E-state index contributed by atoms with van der Waals surface area (Å²) < 4.78 is 11.3. The lowest BCUT2D eigenvalue weighted by Gasteiger charge is -2.12. The standard InChI is InChI=1S/C19H15Cl5N2O3S/c1-2-3-6-26-18(27)11(25-19(26)30)7-9-4-5-10(29-9)8-28-17-15(23)13(21)12(20)14(22)16(17)24/h4-5,7H,2-3,6,8H2,1H3,(H,25,30)/b11-7+. The van der Waals surface area contributed by atoms with E-state index in [1.165, 1.54) is 4.90 Å². The Morgan fingerprint density at radius 2 is 1.73 bits per heavy atom. The third-order valence-electron chi connectivity index (χ3n) is 4.19. The van der Waals surface area contributed by atoms with Gasteiger partial charge in [-0.1, -0.05) is 71.3 Å². The zero-order chi connectivity index (χ0) is 22.0. The van der Waals surface area contributed by atoms with Crippen LogP contribution in [-0.2, 0) is 11.4 Å². The van der Waals surface area contributed by atoms with Gasteiger partial charge < -0.3 is 14.5 Å². The highest BCUT2D eigenvalue weighted by molar-refractivity contribution is 7.80. The molecule has 0 spiro atoms. The van der Waals surface area contributed by atoms with Gasteiger partial charge in [-0.05, 0) is 30.8 Å². The van der Waals surface area contributed by atoms with E-state index in [-0.39, 0.29) is 43.4 Å². The van der Waals surface area contributed by atoms with E-state index in [9.17, 15) is 4.79 Å². The van der Waals surface area contributed by atoms with Crippen molar-refractivity contribution >= 4 is 87.3 Å². The van der Waals surface area contributed by atoms with Crippen LogP contribution in [0.25, 0.3) is 6.08 Å². The number of nitrogens with one attached hydrogen (secondary N) is 1. The summed E-state index contributed by atoms with van der Waals surface area (Å²) in [6, 6.07) is 3.39. The van der Waals surface area contributed by atoms with Crippen LogP contribution in [0.5, 0.6) is 5.75 Å². The van der Waals surface area contributed by atoms with Crippen LogP contribution in [0.1, 0.15) is 31.3 Å². The zero-order valence-electron chi connectivity index (χ0n) is 15.5. The highest BCUT2D eigenvalue weighted by Gasteiger charge is 2.30. The molecule has 0 atom stereocenters. The second-order valence-corrected chi connectivity index (χ2v) is 8.57. The number of hydrogen-bond donors (Lipinski definition) is 1. The molecule has 1 amide bonds. The molecule has 1 aromatic carbocycles. The maximum atomic E-state index is 12.5.